The van der Waals surface area contributed by atoms with Gasteiger partial charge in [0.15, 0.2) is 0 Å². The molecule has 0 fully saturated rings. The van der Waals surface area contributed by atoms with Gasteiger partial charge in [-0.2, -0.15) is 0 Å². The summed E-state index contributed by atoms with van der Waals surface area (Å²) in [6, 6.07) is 7.41. The van der Waals surface area contributed by atoms with Crippen molar-refractivity contribution in [3.63, 3.8) is 0 Å². The van der Waals surface area contributed by atoms with Gasteiger partial charge in [0.05, 0.1) is 0 Å². The molecule has 4 nitrogen and oxygen atoms in total. The van der Waals surface area contributed by atoms with Crippen LogP contribution in [0.5, 0.6) is 5.75 Å². The molecule has 0 atom stereocenters. The van der Waals surface area contributed by atoms with Gasteiger partial charge in [-0.05, 0) is 42.7 Å². The van der Waals surface area contributed by atoms with Crippen LogP contribution in [0.3, 0.4) is 0 Å². The Morgan fingerprint density at radius 3 is 3.00 bits per heavy atom. The van der Waals surface area contributed by atoms with Crippen LogP contribution >= 0.6 is 0 Å². The Kier molecular flexibility index (Phi) is 2.40. The van der Waals surface area contributed by atoms with Crippen LogP contribution in [0.1, 0.15) is 12.0 Å². The molecule has 1 aliphatic rings. The lowest BCUT2D eigenvalue weighted by Crippen LogP contribution is -2.25. The van der Waals surface area contributed by atoms with E-state index in [-0.39, 0.29) is 0 Å². The summed E-state index contributed by atoms with van der Waals surface area (Å²) in [6.07, 6.45) is 5.38. The van der Waals surface area contributed by atoms with Gasteiger partial charge in [0.2, 0.25) is 0 Å². The van der Waals surface area contributed by atoms with Gasteiger partial charge < -0.3 is 10.0 Å². The fourth-order valence-electron chi connectivity index (χ4n) is 2.26. The van der Waals surface area contributed by atoms with Crippen molar-refractivity contribution in [1.82, 2.24) is 9.97 Å². The third kappa shape index (κ3) is 1.82. The Bertz CT molecular complexity index is 527. The molecule has 2 aromatic rings. The van der Waals surface area contributed by atoms with Crippen molar-refractivity contribution in [3.05, 3.63) is 42.4 Å². The van der Waals surface area contributed by atoms with Crippen LogP contribution in [0, 0.1) is 0 Å². The maximum Gasteiger partial charge on any atom is 0.136 e. The average molecular weight is 227 g/mol. The van der Waals surface area contributed by atoms with E-state index < -0.39 is 0 Å². The van der Waals surface area contributed by atoms with Crippen molar-refractivity contribution in [3.8, 4) is 5.75 Å². The maximum atomic E-state index is 9.50. The summed E-state index contributed by atoms with van der Waals surface area (Å²) in [4.78, 5) is 10.4. The molecule has 4 heteroatoms. The van der Waals surface area contributed by atoms with Gasteiger partial charge in [-0.15, -0.1) is 0 Å². The van der Waals surface area contributed by atoms with Crippen LogP contribution in [0.4, 0.5) is 11.5 Å². The standard InChI is InChI=1S/C13H13N3O/c17-11-3-4-12-10(8-11)2-1-7-16(12)13-5-6-14-9-15-13/h3-6,8-9,17H,1-2,7H2. The molecule has 2 heterocycles. The fourth-order valence-corrected chi connectivity index (χ4v) is 2.26. The molecule has 3 rings (SSSR count). The lowest BCUT2D eigenvalue weighted by atomic mass is 10.0. The largest absolute Gasteiger partial charge is 0.508 e. The van der Waals surface area contributed by atoms with Crippen molar-refractivity contribution in [2.75, 3.05) is 11.4 Å². The molecule has 1 N–H and O–H groups in total. The number of aryl methyl sites for hydroxylation is 1. The van der Waals surface area contributed by atoms with E-state index in [2.05, 4.69) is 14.9 Å². The molecular weight excluding hydrogens is 214 g/mol. The molecule has 0 saturated carbocycles. The van der Waals surface area contributed by atoms with Gasteiger partial charge in [-0.3, -0.25) is 0 Å². The Hall–Kier alpha value is -2.10. The maximum absolute atomic E-state index is 9.50. The zero-order chi connectivity index (χ0) is 11.7. The monoisotopic (exact) mass is 227 g/mol. The molecule has 0 amide bonds. The smallest absolute Gasteiger partial charge is 0.136 e. The average Bonchev–Trinajstić information content (AvgIpc) is 2.39. The minimum atomic E-state index is 0.327. The number of aromatic hydroxyl groups is 1. The predicted octanol–water partition coefficient (Wildman–Crippen LogP) is 2.27. The van der Waals surface area contributed by atoms with E-state index in [1.165, 1.54) is 5.56 Å². The van der Waals surface area contributed by atoms with E-state index in [1.807, 2.05) is 18.2 Å². The fraction of sp³-hybridized carbons (Fsp3) is 0.231. The molecule has 0 aliphatic carbocycles. The van der Waals surface area contributed by atoms with Crippen molar-refractivity contribution in [2.45, 2.75) is 12.8 Å². The number of nitrogens with zero attached hydrogens (tertiary/aromatic N) is 3. The summed E-state index contributed by atoms with van der Waals surface area (Å²) in [6.45, 7) is 0.953. The lowest BCUT2D eigenvalue weighted by molar-refractivity contribution is 0.474. The summed E-state index contributed by atoms with van der Waals surface area (Å²) < 4.78 is 0. The molecule has 1 aliphatic heterocycles. The van der Waals surface area contributed by atoms with Crippen LogP contribution in [0.15, 0.2) is 36.8 Å². The number of fused-ring (bicyclic) bond motifs is 1. The van der Waals surface area contributed by atoms with Crippen LogP contribution in [0.2, 0.25) is 0 Å². The highest BCUT2D eigenvalue weighted by atomic mass is 16.3. The van der Waals surface area contributed by atoms with E-state index >= 15 is 0 Å². The number of hydrogen-bond acceptors (Lipinski definition) is 4. The summed E-state index contributed by atoms with van der Waals surface area (Å²) in [5.74, 6) is 1.24. The number of benzene rings is 1. The first kappa shape index (κ1) is 10.1. The van der Waals surface area contributed by atoms with Gasteiger partial charge in [-0.25, -0.2) is 9.97 Å². The lowest BCUT2D eigenvalue weighted by Gasteiger charge is -2.30. The summed E-state index contributed by atoms with van der Waals surface area (Å²) >= 11 is 0. The highest BCUT2D eigenvalue weighted by Crippen LogP contribution is 2.33. The zero-order valence-electron chi connectivity index (χ0n) is 9.37. The van der Waals surface area contributed by atoms with E-state index in [0.717, 1.165) is 30.9 Å². The normalized spacial score (nSPS) is 14.5. The molecule has 0 spiro atoms. The number of aromatic nitrogens is 2. The molecule has 17 heavy (non-hydrogen) atoms. The number of anilines is 2. The number of hydrogen-bond donors (Lipinski definition) is 1. The van der Waals surface area contributed by atoms with Crippen LogP contribution in [-0.4, -0.2) is 21.6 Å². The minimum Gasteiger partial charge on any atom is -0.508 e. The molecule has 0 radical (unpaired) electrons. The van der Waals surface area contributed by atoms with Gasteiger partial charge in [0.1, 0.15) is 17.9 Å². The van der Waals surface area contributed by atoms with Gasteiger partial charge in [0.25, 0.3) is 0 Å². The summed E-state index contributed by atoms with van der Waals surface area (Å²) in [5.41, 5.74) is 2.31. The second-order valence-electron chi connectivity index (χ2n) is 4.14. The van der Waals surface area contributed by atoms with Crippen LogP contribution < -0.4 is 4.90 Å². The first-order chi connectivity index (χ1) is 8.34. The molecule has 0 saturated heterocycles. The Morgan fingerprint density at radius 1 is 1.24 bits per heavy atom. The quantitative estimate of drug-likeness (QED) is 0.811. The summed E-state index contributed by atoms with van der Waals surface area (Å²) in [5, 5.41) is 9.50. The van der Waals surface area contributed by atoms with E-state index in [4.69, 9.17) is 0 Å². The summed E-state index contributed by atoms with van der Waals surface area (Å²) in [7, 11) is 0. The first-order valence-electron chi connectivity index (χ1n) is 5.70. The Balaban J connectivity index is 2.06. The third-order valence-corrected chi connectivity index (χ3v) is 3.02. The first-order valence-corrected chi connectivity index (χ1v) is 5.70. The third-order valence-electron chi connectivity index (χ3n) is 3.02. The zero-order valence-corrected chi connectivity index (χ0v) is 9.37. The van der Waals surface area contributed by atoms with Crippen molar-refractivity contribution in [1.29, 1.82) is 0 Å². The Morgan fingerprint density at radius 2 is 2.18 bits per heavy atom. The topological polar surface area (TPSA) is 49.2 Å². The molecule has 1 aromatic carbocycles. The number of rotatable bonds is 1. The molecular formula is C13H13N3O. The van der Waals surface area contributed by atoms with Crippen molar-refractivity contribution in [2.24, 2.45) is 0 Å². The highest BCUT2D eigenvalue weighted by Gasteiger charge is 2.19. The second-order valence-corrected chi connectivity index (χ2v) is 4.14. The molecule has 86 valence electrons. The highest BCUT2D eigenvalue weighted by molar-refractivity contribution is 5.66. The molecule has 1 aromatic heterocycles. The van der Waals surface area contributed by atoms with Crippen LogP contribution in [-0.2, 0) is 6.42 Å². The van der Waals surface area contributed by atoms with Crippen molar-refractivity contribution < 1.29 is 5.11 Å². The van der Waals surface area contributed by atoms with E-state index in [1.54, 1.807) is 18.6 Å². The van der Waals surface area contributed by atoms with Gasteiger partial charge in [0, 0.05) is 18.4 Å². The van der Waals surface area contributed by atoms with Gasteiger partial charge in [-0.1, -0.05) is 0 Å². The predicted molar refractivity (Wildman–Crippen MR) is 65.5 cm³/mol. The van der Waals surface area contributed by atoms with E-state index in [0.29, 0.717) is 5.75 Å². The minimum absolute atomic E-state index is 0.327. The number of phenols is 1. The molecule has 0 bridgehead atoms. The SMILES string of the molecule is Oc1ccc2c(c1)CCCN2c1ccncn1. The Labute approximate surface area is 99.6 Å². The van der Waals surface area contributed by atoms with E-state index in [9.17, 15) is 5.11 Å². The van der Waals surface area contributed by atoms with Gasteiger partial charge >= 0.3 is 0 Å². The van der Waals surface area contributed by atoms with Crippen molar-refractivity contribution >= 4 is 11.5 Å². The molecule has 0 unspecified atom stereocenters. The second kappa shape index (κ2) is 4.05. The van der Waals surface area contributed by atoms with Crippen LogP contribution in [0.25, 0.3) is 0 Å². The number of phenolic OH excluding ortho intramolecular Hbond substituents is 1.